The van der Waals surface area contributed by atoms with Crippen molar-refractivity contribution in [1.29, 1.82) is 0 Å². The second-order valence-corrected chi connectivity index (χ2v) is 4.33. The highest BCUT2D eigenvalue weighted by Crippen LogP contribution is 2.20. The van der Waals surface area contributed by atoms with Crippen molar-refractivity contribution in [3.8, 4) is 0 Å². The zero-order valence-electron chi connectivity index (χ0n) is 7.97. The third kappa shape index (κ3) is 1.80. The summed E-state index contributed by atoms with van der Waals surface area (Å²) in [5, 5.41) is 7.34. The number of piperazine rings is 1. The summed E-state index contributed by atoms with van der Waals surface area (Å²) in [4.78, 5) is 0. The minimum Gasteiger partial charge on any atom is -0.311 e. The molecule has 1 aliphatic carbocycles. The topological polar surface area (TPSA) is 24.1 Å². The van der Waals surface area contributed by atoms with Gasteiger partial charge in [-0.15, -0.1) is 0 Å². The standard InChI is InChI=1S/C10H20N2/c1-8-7-11-9-5-3-2-4-6-10(9)12-8/h8-12H,2-7H2,1H3/t8-,9+,10+/m0/s1. The molecular formula is C10H20N2. The molecule has 2 nitrogen and oxygen atoms in total. The lowest BCUT2D eigenvalue weighted by Gasteiger charge is -2.36. The molecule has 0 unspecified atom stereocenters. The van der Waals surface area contributed by atoms with Crippen LogP contribution in [0.2, 0.25) is 0 Å². The van der Waals surface area contributed by atoms with Crippen LogP contribution >= 0.6 is 0 Å². The van der Waals surface area contributed by atoms with Crippen molar-refractivity contribution in [1.82, 2.24) is 10.6 Å². The Kier molecular flexibility index (Phi) is 2.66. The van der Waals surface area contributed by atoms with Gasteiger partial charge in [0, 0.05) is 24.7 Å². The van der Waals surface area contributed by atoms with E-state index >= 15 is 0 Å². The van der Waals surface area contributed by atoms with Crippen LogP contribution in [0.1, 0.15) is 39.0 Å². The first kappa shape index (κ1) is 8.52. The predicted octanol–water partition coefficient (Wildman–Crippen LogP) is 1.27. The maximum atomic E-state index is 3.70. The van der Waals surface area contributed by atoms with Gasteiger partial charge in [-0.25, -0.2) is 0 Å². The molecule has 0 aromatic rings. The van der Waals surface area contributed by atoms with Gasteiger partial charge in [-0.3, -0.25) is 0 Å². The first-order valence-electron chi connectivity index (χ1n) is 5.36. The number of hydrogen-bond acceptors (Lipinski definition) is 2. The van der Waals surface area contributed by atoms with Gasteiger partial charge in [-0.1, -0.05) is 19.3 Å². The van der Waals surface area contributed by atoms with Gasteiger partial charge in [-0.2, -0.15) is 0 Å². The molecule has 1 aliphatic heterocycles. The van der Waals surface area contributed by atoms with Crippen molar-refractivity contribution in [2.75, 3.05) is 6.54 Å². The Morgan fingerprint density at radius 1 is 1.00 bits per heavy atom. The monoisotopic (exact) mass is 168 g/mol. The van der Waals surface area contributed by atoms with E-state index in [0.29, 0.717) is 6.04 Å². The van der Waals surface area contributed by atoms with Crippen LogP contribution in [-0.2, 0) is 0 Å². The number of nitrogens with one attached hydrogen (secondary N) is 2. The average Bonchev–Trinajstić information content (AvgIpc) is 2.28. The maximum Gasteiger partial charge on any atom is 0.0224 e. The van der Waals surface area contributed by atoms with Crippen LogP contribution in [0.25, 0.3) is 0 Å². The van der Waals surface area contributed by atoms with Crippen LogP contribution < -0.4 is 10.6 Å². The quantitative estimate of drug-likeness (QED) is 0.569. The molecule has 0 aromatic carbocycles. The highest BCUT2D eigenvalue weighted by atomic mass is 15.1. The molecule has 2 N–H and O–H groups in total. The van der Waals surface area contributed by atoms with E-state index in [9.17, 15) is 0 Å². The smallest absolute Gasteiger partial charge is 0.0224 e. The molecule has 1 saturated carbocycles. The average molecular weight is 168 g/mol. The number of hydrogen-bond donors (Lipinski definition) is 2. The molecule has 1 heterocycles. The Morgan fingerprint density at radius 2 is 1.75 bits per heavy atom. The summed E-state index contributed by atoms with van der Waals surface area (Å²) in [6.07, 6.45) is 7.03. The first-order chi connectivity index (χ1) is 5.86. The summed E-state index contributed by atoms with van der Waals surface area (Å²) in [6, 6.07) is 2.20. The summed E-state index contributed by atoms with van der Waals surface area (Å²) in [5.41, 5.74) is 0. The summed E-state index contributed by atoms with van der Waals surface area (Å²) in [5.74, 6) is 0. The largest absolute Gasteiger partial charge is 0.311 e. The predicted molar refractivity (Wildman–Crippen MR) is 51.3 cm³/mol. The highest BCUT2D eigenvalue weighted by Gasteiger charge is 2.27. The molecule has 0 bridgehead atoms. The van der Waals surface area contributed by atoms with Gasteiger partial charge in [0.05, 0.1) is 0 Å². The molecule has 70 valence electrons. The second kappa shape index (κ2) is 3.75. The van der Waals surface area contributed by atoms with Crippen LogP contribution in [0.3, 0.4) is 0 Å². The van der Waals surface area contributed by atoms with Crippen molar-refractivity contribution in [2.45, 2.75) is 57.2 Å². The van der Waals surface area contributed by atoms with E-state index in [-0.39, 0.29) is 0 Å². The lowest BCUT2D eigenvalue weighted by atomic mass is 9.99. The SMILES string of the molecule is C[C@H]1CN[C@@H]2CCCCC[C@H]2N1. The van der Waals surface area contributed by atoms with E-state index in [0.717, 1.165) is 18.6 Å². The Morgan fingerprint density at radius 3 is 2.58 bits per heavy atom. The molecule has 12 heavy (non-hydrogen) atoms. The molecule has 2 heteroatoms. The first-order valence-corrected chi connectivity index (χ1v) is 5.36. The summed E-state index contributed by atoms with van der Waals surface area (Å²) >= 11 is 0. The van der Waals surface area contributed by atoms with Crippen molar-refractivity contribution >= 4 is 0 Å². The van der Waals surface area contributed by atoms with Crippen LogP contribution in [0.5, 0.6) is 0 Å². The Bertz CT molecular complexity index is 147. The Hall–Kier alpha value is -0.0800. The molecule has 2 rings (SSSR count). The minimum atomic E-state index is 0.671. The van der Waals surface area contributed by atoms with Gasteiger partial charge in [0.1, 0.15) is 0 Å². The minimum absolute atomic E-state index is 0.671. The molecule has 0 aromatic heterocycles. The van der Waals surface area contributed by atoms with E-state index in [4.69, 9.17) is 0 Å². The number of fused-ring (bicyclic) bond motifs is 1. The van der Waals surface area contributed by atoms with Gasteiger partial charge >= 0.3 is 0 Å². The summed E-state index contributed by atoms with van der Waals surface area (Å²) < 4.78 is 0. The Labute approximate surface area is 75.1 Å². The van der Waals surface area contributed by atoms with E-state index in [1.54, 1.807) is 0 Å². The van der Waals surface area contributed by atoms with Gasteiger partial charge in [0.25, 0.3) is 0 Å². The summed E-state index contributed by atoms with van der Waals surface area (Å²) in [6.45, 7) is 3.43. The van der Waals surface area contributed by atoms with Gasteiger partial charge in [0.2, 0.25) is 0 Å². The fraction of sp³-hybridized carbons (Fsp3) is 1.00. The van der Waals surface area contributed by atoms with Gasteiger partial charge in [0.15, 0.2) is 0 Å². The molecule has 1 saturated heterocycles. The lowest BCUT2D eigenvalue weighted by molar-refractivity contribution is 0.265. The Balaban J connectivity index is 1.94. The van der Waals surface area contributed by atoms with Crippen LogP contribution in [0.15, 0.2) is 0 Å². The third-order valence-corrected chi connectivity index (χ3v) is 3.20. The van der Waals surface area contributed by atoms with E-state index in [1.807, 2.05) is 0 Å². The summed E-state index contributed by atoms with van der Waals surface area (Å²) in [7, 11) is 0. The fourth-order valence-electron chi connectivity index (χ4n) is 2.50. The molecule has 0 spiro atoms. The highest BCUT2D eigenvalue weighted by molar-refractivity contribution is 4.91. The van der Waals surface area contributed by atoms with E-state index in [1.165, 1.54) is 32.1 Å². The molecule has 2 fully saturated rings. The second-order valence-electron chi connectivity index (χ2n) is 4.33. The van der Waals surface area contributed by atoms with Crippen molar-refractivity contribution in [3.63, 3.8) is 0 Å². The maximum absolute atomic E-state index is 3.70. The van der Waals surface area contributed by atoms with Crippen molar-refractivity contribution in [2.24, 2.45) is 0 Å². The zero-order chi connectivity index (χ0) is 8.39. The normalized spacial score (nSPS) is 43.2. The molecule has 0 amide bonds. The van der Waals surface area contributed by atoms with E-state index < -0.39 is 0 Å². The van der Waals surface area contributed by atoms with Crippen LogP contribution in [-0.4, -0.2) is 24.7 Å². The molecule has 3 atom stereocenters. The van der Waals surface area contributed by atoms with E-state index in [2.05, 4.69) is 17.6 Å². The van der Waals surface area contributed by atoms with Crippen molar-refractivity contribution < 1.29 is 0 Å². The van der Waals surface area contributed by atoms with Crippen molar-refractivity contribution in [3.05, 3.63) is 0 Å². The third-order valence-electron chi connectivity index (χ3n) is 3.20. The molecular weight excluding hydrogens is 148 g/mol. The van der Waals surface area contributed by atoms with Crippen LogP contribution in [0, 0.1) is 0 Å². The number of rotatable bonds is 0. The fourth-order valence-corrected chi connectivity index (χ4v) is 2.50. The molecule has 0 radical (unpaired) electrons. The lowest BCUT2D eigenvalue weighted by Crippen LogP contribution is -2.59. The van der Waals surface area contributed by atoms with Crippen LogP contribution in [0.4, 0.5) is 0 Å². The van der Waals surface area contributed by atoms with Gasteiger partial charge < -0.3 is 10.6 Å². The molecule has 2 aliphatic rings. The van der Waals surface area contributed by atoms with Gasteiger partial charge in [-0.05, 0) is 19.8 Å². The zero-order valence-corrected chi connectivity index (χ0v) is 7.97.